The van der Waals surface area contributed by atoms with Crippen molar-refractivity contribution in [3.8, 4) is 0 Å². The highest BCUT2D eigenvalue weighted by Crippen LogP contribution is 2.35. The van der Waals surface area contributed by atoms with Gasteiger partial charge in [0, 0.05) is 13.1 Å². The predicted octanol–water partition coefficient (Wildman–Crippen LogP) is 0.224. The summed E-state index contributed by atoms with van der Waals surface area (Å²) in [6.07, 6.45) is 4.93. The van der Waals surface area contributed by atoms with Gasteiger partial charge in [0.15, 0.2) is 5.60 Å². The van der Waals surface area contributed by atoms with Crippen molar-refractivity contribution in [3.05, 3.63) is 0 Å². The Kier molecular flexibility index (Phi) is 3.63. The number of nitrogens with one attached hydrogen (secondary N) is 1. The van der Waals surface area contributed by atoms with E-state index in [1.54, 1.807) is 4.90 Å². The zero-order valence-corrected chi connectivity index (χ0v) is 12.9. The third-order valence-electron chi connectivity index (χ3n) is 5.02. The van der Waals surface area contributed by atoms with Crippen molar-refractivity contribution >= 4 is 17.8 Å². The van der Waals surface area contributed by atoms with E-state index in [0.29, 0.717) is 25.9 Å². The summed E-state index contributed by atoms with van der Waals surface area (Å²) in [5.74, 6) is -0.706. The van der Waals surface area contributed by atoms with Gasteiger partial charge in [-0.15, -0.1) is 0 Å². The van der Waals surface area contributed by atoms with Crippen LogP contribution in [-0.2, 0) is 9.59 Å². The first-order chi connectivity index (χ1) is 10.4. The molecule has 2 heterocycles. The zero-order valence-electron chi connectivity index (χ0n) is 12.9. The van der Waals surface area contributed by atoms with Crippen LogP contribution in [0.4, 0.5) is 4.79 Å². The second-order valence-corrected chi connectivity index (χ2v) is 6.88. The first-order valence-corrected chi connectivity index (χ1v) is 8.02. The summed E-state index contributed by atoms with van der Waals surface area (Å²) < 4.78 is 0. The third kappa shape index (κ3) is 2.37. The van der Waals surface area contributed by atoms with E-state index >= 15 is 0 Å². The number of carbonyl (C=O) groups excluding carboxylic acids is 3. The molecule has 1 unspecified atom stereocenters. The van der Waals surface area contributed by atoms with Gasteiger partial charge in [-0.3, -0.25) is 14.5 Å². The van der Waals surface area contributed by atoms with Crippen LogP contribution in [0.5, 0.6) is 0 Å². The highest BCUT2D eigenvalue weighted by molar-refractivity contribution is 6.07. The number of amides is 4. The molecule has 1 atom stereocenters. The van der Waals surface area contributed by atoms with Crippen molar-refractivity contribution in [1.29, 1.82) is 0 Å². The van der Waals surface area contributed by atoms with Crippen LogP contribution < -0.4 is 5.32 Å². The van der Waals surface area contributed by atoms with E-state index in [2.05, 4.69) is 5.32 Å². The minimum Gasteiger partial charge on any atom is -0.378 e. The Morgan fingerprint density at radius 2 is 1.82 bits per heavy atom. The lowest BCUT2D eigenvalue weighted by atomic mass is 9.97. The van der Waals surface area contributed by atoms with E-state index in [4.69, 9.17) is 0 Å². The highest BCUT2D eigenvalue weighted by atomic mass is 16.3. The van der Waals surface area contributed by atoms with Crippen molar-refractivity contribution in [2.24, 2.45) is 0 Å². The number of likely N-dealkylation sites (tertiary alicyclic amines) is 1. The molecule has 3 rings (SSSR count). The summed E-state index contributed by atoms with van der Waals surface area (Å²) in [6, 6.07) is -0.499. The fourth-order valence-electron chi connectivity index (χ4n) is 3.77. The van der Waals surface area contributed by atoms with Crippen molar-refractivity contribution in [2.45, 2.75) is 56.6 Å². The quantitative estimate of drug-likeness (QED) is 0.730. The van der Waals surface area contributed by atoms with E-state index in [1.807, 2.05) is 0 Å². The Morgan fingerprint density at radius 3 is 2.41 bits per heavy atom. The fraction of sp³-hybridized carbons (Fsp3) is 0.800. The Hall–Kier alpha value is -1.63. The first-order valence-electron chi connectivity index (χ1n) is 8.02. The van der Waals surface area contributed by atoms with E-state index in [1.165, 1.54) is 6.92 Å². The number of rotatable bonds is 3. The molecule has 1 aliphatic carbocycles. The van der Waals surface area contributed by atoms with Gasteiger partial charge in [-0.25, -0.2) is 4.79 Å². The van der Waals surface area contributed by atoms with Crippen molar-refractivity contribution < 1.29 is 19.5 Å². The van der Waals surface area contributed by atoms with Crippen LogP contribution in [0.3, 0.4) is 0 Å². The number of urea groups is 1. The molecule has 2 aliphatic heterocycles. The number of β-amino-alcohol motifs (C(OH)–C–C–N with tert-alkyl or cyclic N) is 1. The molecule has 1 saturated carbocycles. The monoisotopic (exact) mass is 309 g/mol. The number of aliphatic hydroxyl groups is 1. The molecule has 2 saturated heterocycles. The Bertz CT molecular complexity index is 505. The lowest BCUT2D eigenvalue weighted by Crippen LogP contribution is -2.54. The lowest BCUT2D eigenvalue weighted by Gasteiger charge is -2.30. The molecular weight excluding hydrogens is 286 g/mol. The smallest absolute Gasteiger partial charge is 0.325 e. The summed E-state index contributed by atoms with van der Waals surface area (Å²) in [5, 5.41) is 13.3. The third-order valence-corrected chi connectivity index (χ3v) is 5.02. The Labute approximate surface area is 129 Å². The van der Waals surface area contributed by atoms with Gasteiger partial charge in [-0.1, -0.05) is 12.8 Å². The molecule has 122 valence electrons. The normalized spacial score (nSPS) is 26.6. The van der Waals surface area contributed by atoms with Gasteiger partial charge >= 0.3 is 6.03 Å². The summed E-state index contributed by atoms with van der Waals surface area (Å²) in [6.45, 7) is 2.35. The van der Waals surface area contributed by atoms with Crippen LogP contribution in [0, 0.1) is 0 Å². The Morgan fingerprint density at radius 1 is 1.23 bits per heavy atom. The van der Waals surface area contributed by atoms with Crippen LogP contribution in [0.1, 0.15) is 45.4 Å². The summed E-state index contributed by atoms with van der Waals surface area (Å²) in [7, 11) is 0. The topological polar surface area (TPSA) is 90.0 Å². The van der Waals surface area contributed by atoms with Crippen molar-refractivity contribution in [2.75, 3.05) is 19.6 Å². The number of hydrogen-bond donors (Lipinski definition) is 2. The minimum absolute atomic E-state index is 0.283. The molecule has 3 aliphatic rings. The zero-order chi connectivity index (χ0) is 16.0. The highest BCUT2D eigenvalue weighted by Gasteiger charge is 2.54. The molecule has 0 radical (unpaired) electrons. The molecule has 0 aromatic heterocycles. The van der Waals surface area contributed by atoms with Gasteiger partial charge in [-0.2, -0.15) is 0 Å². The van der Waals surface area contributed by atoms with Crippen LogP contribution >= 0.6 is 0 Å². The maximum atomic E-state index is 12.6. The van der Waals surface area contributed by atoms with E-state index in [9.17, 15) is 19.5 Å². The van der Waals surface area contributed by atoms with E-state index < -0.39 is 23.1 Å². The molecule has 7 nitrogen and oxygen atoms in total. The second kappa shape index (κ2) is 5.22. The largest absolute Gasteiger partial charge is 0.378 e. The van der Waals surface area contributed by atoms with Crippen LogP contribution in [0.25, 0.3) is 0 Å². The van der Waals surface area contributed by atoms with Crippen molar-refractivity contribution in [1.82, 2.24) is 15.1 Å². The van der Waals surface area contributed by atoms with Gasteiger partial charge in [0.05, 0.1) is 6.54 Å². The number of carbonyl (C=O) groups is 3. The Balaban J connectivity index is 1.72. The van der Waals surface area contributed by atoms with Gasteiger partial charge in [0.1, 0.15) is 5.54 Å². The summed E-state index contributed by atoms with van der Waals surface area (Å²) in [5.41, 5.74) is -2.54. The molecule has 0 aromatic rings. The summed E-state index contributed by atoms with van der Waals surface area (Å²) >= 11 is 0. The number of imide groups is 1. The molecule has 1 spiro atoms. The van der Waals surface area contributed by atoms with Gasteiger partial charge in [-0.05, 0) is 32.6 Å². The average Bonchev–Trinajstić information content (AvgIpc) is 3.18. The van der Waals surface area contributed by atoms with E-state index in [-0.39, 0.29) is 12.5 Å². The van der Waals surface area contributed by atoms with Gasteiger partial charge in [0.25, 0.3) is 11.8 Å². The minimum atomic E-state index is -1.73. The number of nitrogens with zero attached hydrogens (tertiary/aromatic N) is 2. The molecular formula is C15H23N3O4. The second-order valence-electron chi connectivity index (χ2n) is 6.88. The SMILES string of the molecule is CC(O)(CN1C(=O)NC2(CCCC2)C1=O)C(=O)N1CCCC1. The maximum absolute atomic E-state index is 12.6. The fourth-order valence-corrected chi connectivity index (χ4v) is 3.77. The van der Waals surface area contributed by atoms with E-state index in [0.717, 1.165) is 30.6 Å². The number of hydrogen-bond acceptors (Lipinski definition) is 4. The molecule has 22 heavy (non-hydrogen) atoms. The first kappa shape index (κ1) is 15.3. The van der Waals surface area contributed by atoms with Gasteiger partial charge in [0.2, 0.25) is 0 Å². The van der Waals surface area contributed by atoms with Gasteiger partial charge < -0.3 is 15.3 Å². The molecule has 7 heteroatoms. The van der Waals surface area contributed by atoms with Crippen LogP contribution in [0.2, 0.25) is 0 Å². The van der Waals surface area contributed by atoms with Crippen LogP contribution in [-0.4, -0.2) is 63.5 Å². The lowest BCUT2D eigenvalue weighted by molar-refractivity contribution is -0.151. The standard InChI is InChI=1S/C15H23N3O4/c1-14(22,11(19)17-8-4-5-9-17)10-18-12(20)15(16-13(18)21)6-2-3-7-15/h22H,2-10H2,1H3,(H,16,21). The molecule has 2 N–H and O–H groups in total. The average molecular weight is 309 g/mol. The molecule has 3 fully saturated rings. The predicted molar refractivity (Wildman–Crippen MR) is 77.9 cm³/mol. The molecule has 0 aromatic carbocycles. The van der Waals surface area contributed by atoms with Crippen LogP contribution in [0.15, 0.2) is 0 Å². The summed E-state index contributed by atoms with van der Waals surface area (Å²) in [4.78, 5) is 39.7. The van der Waals surface area contributed by atoms with Crippen molar-refractivity contribution in [3.63, 3.8) is 0 Å². The molecule has 0 bridgehead atoms. The molecule has 4 amide bonds. The maximum Gasteiger partial charge on any atom is 0.325 e.